The van der Waals surface area contributed by atoms with Crippen LogP contribution in [-0.4, -0.2) is 19.1 Å². The number of ether oxygens (including phenoxy) is 2. The number of carbonyl (C=O) groups is 1. The summed E-state index contributed by atoms with van der Waals surface area (Å²) in [5.41, 5.74) is 7.29. The maximum absolute atomic E-state index is 10.9. The van der Waals surface area contributed by atoms with Crippen molar-refractivity contribution in [3.8, 4) is 11.5 Å². The van der Waals surface area contributed by atoms with Crippen molar-refractivity contribution in [1.82, 2.24) is 5.32 Å². The number of nitrogens with two attached hydrogens (primary N) is 1. The van der Waals surface area contributed by atoms with Crippen LogP contribution in [0, 0.1) is 0 Å². The Morgan fingerprint density at radius 2 is 1.96 bits per heavy atom. The van der Waals surface area contributed by atoms with Crippen molar-refractivity contribution >= 4 is 17.5 Å². The summed E-state index contributed by atoms with van der Waals surface area (Å²) < 4.78 is 11.0. The Morgan fingerprint density at radius 1 is 1.24 bits per heavy atom. The molecule has 0 aliphatic rings. The summed E-state index contributed by atoms with van der Waals surface area (Å²) in [6, 6.07) is 14.0. The summed E-state index contributed by atoms with van der Waals surface area (Å²) in [5.74, 6) is 0.267. The molecule has 0 saturated heterocycles. The number of carbonyl (C=O) groups excluding carboxylic acids is 1. The van der Waals surface area contributed by atoms with Crippen LogP contribution in [0.15, 0.2) is 42.5 Å². The van der Waals surface area contributed by atoms with Gasteiger partial charge in [-0.1, -0.05) is 41.9 Å². The number of nitrogens with one attached hydrogen (secondary N) is 1. The molecule has 2 rings (SSSR count). The summed E-state index contributed by atoms with van der Waals surface area (Å²) in [4.78, 5) is 10.9. The van der Waals surface area contributed by atoms with Crippen LogP contribution in [0.5, 0.6) is 11.5 Å². The van der Waals surface area contributed by atoms with Crippen LogP contribution in [0.4, 0.5) is 0 Å². The Labute approximate surface area is 153 Å². The number of hydrogen-bond donors (Lipinski definition) is 2. The molecule has 25 heavy (non-hydrogen) atoms. The monoisotopic (exact) mass is 362 g/mol. The van der Waals surface area contributed by atoms with Crippen LogP contribution < -0.4 is 20.5 Å². The number of hydrogen-bond acceptors (Lipinski definition) is 4. The Kier molecular flexibility index (Phi) is 7.10. The van der Waals surface area contributed by atoms with Gasteiger partial charge in [-0.05, 0) is 37.1 Å². The molecule has 0 bridgehead atoms. The highest BCUT2D eigenvalue weighted by Gasteiger charge is 2.14. The van der Waals surface area contributed by atoms with Gasteiger partial charge in [0.1, 0.15) is 0 Å². The zero-order valence-electron chi connectivity index (χ0n) is 14.4. The average Bonchev–Trinajstić information content (AvgIpc) is 2.59. The maximum Gasteiger partial charge on any atom is 0.255 e. The minimum Gasteiger partial charge on any atom is -0.490 e. The SMILES string of the molecule is CCOc1cc(CNC(C)c2ccccc2)cc(Cl)c1OCC(N)=O. The van der Waals surface area contributed by atoms with E-state index in [0.29, 0.717) is 29.7 Å². The van der Waals surface area contributed by atoms with Gasteiger partial charge >= 0.3 is 0 Å². The lowest BCUT2D eigenvalue weighted by atomic mass is 10.1. The quantitative estimate of drug-likeness (QED) is 0.716. The van der Waals surface area contributed by atoms with Gasteiger partial charge in [-0.25, -0.2) is 0 Å². The summed E-state index contributed by atoms with van der Waals surface area (Å²) in [7, 11) is 0. The fourth-order valence-corrected chi connectivity index (χ4v) is 2.69. The number of benzene rings is 2. The van der Waals surface area contributed by atoms with E-state index in [1.54, 1.807) is 6.07 Å². The standard InChI is InChI=1S/C19H23ClN2O3/c1-3-24-17-10-14(9-16(20)19(17)25-12-18(21)23)11-22-13(2)15-7-5-4-6-8-15/h4-10,13,22H,3,11-12H2,1-2H3,(H2,21,23). The Balaban J connectivity index is 2.11. The molecule has 3 N–H and O–H groups in total. The molecule has 5 nitrogen and oxygen atoms in total. The highest BCUT2D eigenvalue weighted by Crippen LogP contribution is 2.36. The minimum absolute atomic E-state index is 0.196. The molecule has 0 aliphatic heterocycles. The van der Waals surface area contributed by atoms with Crippen molar-refractivity contribution in [2.24, 2.45) is 5.73 Å². The molecule has 2 aromatic rings. The molecule has 0 heterocycles. The number of primary amides is 1. The van der Waals surface area contributed by atoms with Crippen molar-refractivity contribution in [2.45, 2.75) is 26.4 Å². The first-order chi connectivity index (χ1) is 12.0. The van der Waals surface area contributed by atoms with Crippen molar-refractivity contribution < 1.29 is 14.3 Å². The molecule has 1 amide bonds. The van der Waals surface area contributed by atoms with Crippen molar-refractivity contribution in [2.75, 3.05) is 13.2 Å². The van der Waals surface area contributed by atoms with Crippen molar-refractivity contribution in [1.29, 1.82) is 0 Å². The molecule has 0 saturated carbocycles. The third kappa shape index (κ3) is 5.66. The lowest BCUT2D eigenvalue weighted by Gasteiger charge is -2.17. The van der Waals surface area contributed by atoms with Crippen LogP contribution in [0.3, 0.4) is 0 Å². The van der Waals surface area contributed by atoms with Gasteiger partial charge in [0.25, 0.3) is 5.91 Å². The normalized spacial score (nSPS) is 11.8. The first-order valence-electron chi connectivity index (χ1n) is 8.16. The number of rotatable bonds is 9. The van der Waals surface area contributed by atoms with Crippen LogP contribution >= 0.6 is 11.6 Å². The topological polar surface area (TPSA) is 73.6 Å². The van der Waals surface area contributed by atoms with Crippen LogP contribution in [0.1, 0.15) is 31.0 Å². The zero-order valence-corrected chi connectivity index (χ0v) is 15.2. The molecule has 0 aliphatic carbocycles. The molecular weight excluding hydrogens is 340 g/mol. The lowest BCUT2D eigenvalue weighted by molar-refractivity contribution is -0.119. The number of amides is 1. The van der Waals surface area contributed by atoms with Gasteiger partial charge in [-0.3, -0.25) is 4.79 Å². The molecular formula is C19H23ClN2O3. The second-order valence-electron chi connectivity index (χ2n) is 5.61. The highest BCUT2D eigenvalue weighted by molar-refractivity contribution is 6.32. The van der Waals surface area contributed by atoms with Gasteiger partial charge in [0.2, 0.25) is 0 Å². The molecule has 1 atom stereocenters. The minimum atomic E-state index is -0.569. The molecule has 134 valence electrons. The van der Waals surface area contributed by atoms with Crippen molar-refractivity contribution in [3.05, 3.63) is 58.6 Å². The largest absolute Gasteiger partial charge is 0.490 e. The first-order valence-corrected chi connectivity index (χ1v) is 8.53. The smallest absolute Gasteiger partial charge is 0.255 e. The Bertz CT molecular complexity index is 707. The molecule has 6 heteroatoms. The fourth-order valence-electron chi connectivity index (χ4n) is 2.40. The molecule has 1 unspecified atom stereocenters. The second-order valence-corrected chi connectivity index (χ2v) is 6.01. The summed E-state index contributed by atoms with van der Waals surface area (Å²) in [6.45, 7) is 4.80. The van der Waals surface area contributed by atoms with E-state index in [-0.39, 0.29) is 12.6 Å². The molecule has 0 radical (unpaired) electrons. The third-order valence-electron chi connectivity index (χ3n) is 3.64. The van der Waals surface area contributed by atoms with E-state index in [4.69, 9.17) is 26.8 Å². The second kappa shape index (κ2) is 9.30. The summed E-state index contributed by atoms with van der Waals surface area (Å²) >= 11 is 6.30. The van der Waals surface area contributed by atoms with E-state index in [1.165, 1.54) is 5.56 Å². The van der Waals surface area contributed by atoms with Crippen LogP contribution in [0.2, 0.25) is 5.02 Å². The van der Waals surface area contributed by atoms with Gasteiger partial charge in [0.05, 0.1) is 11.6 Å². The lowest BCUT2D eigenvalue weighted by Crippen LogP contribution is -2.21. The van der Waals surface area contributed by atoms with E-state index < -0.39 is 5.91 Å². The summed E-state index contributed by atoms with van der Waals surface area (Å²) in [6.07, 6.45) is 0. The maximum atomic E-state index is 10.9. The van der Waals surface area contributed by atoms with Gasteiger partial charge in [0.15, 0.2) is 18.1 Å². The number of halogens is 1. The Hall–Kier alpha value is -2.24. The third-order valence-corrected chi connectivity index (χ3v) is 3.92. The van der Waals surface area contributed by atoms with Gasteiger partial charge in [-0.2, -0.15) is 0 Å². The van der Waals surface area contributed by atoms with E-state index >= 15 is 0 Å². The van der Waals surface area contributed by atoms with Crippen LogP contribution in [-0.2, 0) is 11.3 Å². The average molecular weight is 363 g/mol. The molecule has 0 fully saturated rings. The van der Waals surface area contributed by atoms with Crippen molar-refractivity contribution in [3.63, 3.8) is 0 Å². The van der Waals surface area contributed by atoms with E-state index in [0.717, 1.165) is 5.56 Å². The molecule has 0 spiro atoms. The summed E-state index contributed by atoms with van der Waals surface area (Å²) in [5, 5.41) is 3.84. The highest BCUT2D eigenvalue weighted by atomic mass is 35.5. The van der Waals surface area contributed by atoms with Gasteiger partial charge < -0.3 is 20.5 Å². The van der Waals surface area contributed by atoms with E-state index in [9.17, 15) is 4.79 Å². The fraction of sp³-hybridized carbons (Fsp3) is 0.316. The van der Waals surface area contributed by atoms with Crippen LogP contribution in [0.25, 0.3) is 0 Å². The zero-order chi connectivity index (χ0) is 18.2. The van der Waals surface area contributed by atoms with Gasteiger partial charge in [-0.15, -0.1) is 0 Å². The molecule has 0 aromatic heterocycles. The predicted molar refractivity (Wildman–Crippen MR) is 99.0 cm³/mol. The Morgan fingerprint density at radius 3 is 2.60 bits per heavy atom. The van der Waals surface area contributed by atoms with E-state index in [2.05, 4.69) is 24.4 Å². The molecule has 2 aromatic carbocycles. The first kappa shape index (κ1) is 19.1. The van der Waals surface area contributed by atoms with Gasteiger partial charge in [0, 0.05) is 12.6 Å². The predicted octanol–water partition coefficient (Wildman–Crippen LogP) is 3.45. The van der Waals surface area contributed by atoms with E-state index in [1.807, 2.05) is 31.2 Å².